The van der Waals surface area contributed by atoms with Gasteiger partial charge in [0.2, 0.25) is 0 Å². The van der Waals surface area contributed by atoms with E-state index in [1.165, 1.54) is 0 Å². The van der Waals surface area contributed by atoms with E-state index in [0.717, 1.165) is 34.1 Å². The summed E-state index contributed by atoms with van der Waals surface area (Å²) < 4.78 is 22.8. The van der Waals surface area contributed by atoms with Crippen LogP contribution in [0.2, 0.25) is 0 Å². The zero-order valence-electron chi connectivity index (χ0n) is 14.0. The molecule has 2 aromatic carbocycles. The number of methoxy groups -OCH3 is 1. The van der Waals surface area contributed by atoms with Gasteiger partial charge in [-0.25, -0.2) is 0 Å². The standard InChI is InChI=1S/C18H23NO3S/c1-19(2)11-12-22-18-10-7-15(21-3)13-17(18)14-5-8-16(9-6-14)23(4)20/h5-10,13H,11-12H2,1-4H3. The molecule has 0 heterocycles. The van der Waals surface area contributed by atoms with E-state index in [-0.39, 0.29) is 0 Å². The highest BCUT2D eigenvalue weighted by atomic mass is 32.2. The molecule has 124 valence electrons. The fourth-order valence-corrected chi connectivity index (χ4v) is 2.67. The van der Waals surface area contributed by atoms with Crippen LogP contribution in [0.5, 0.6) is 11.5 Å². The van der Waals surface area contributed by atoms with Crippen molar-refractivity contribution < 1.29 is 13.7 Å². The van der Waals surface area contributed by atoms with Crippen molar-refractivity contribution in [2.45, 2.75) is 4.90 Å². The van der Waals surface area contributed by atoms with Gasteiger partial charge in [-0.2, -0.15) is 0 Å². The summed E-state index contributed by atoms with van der Waals surface area (Å²) in [5, 5.41) is 0. The molecule has 0 aliphatic rings. The third kappa shape index (κ3) is 4.81. The molecule has 2 aromatic rings. The minimum Gasteiger partial charge on any atom is -0.497 e. The van der Waals surface area contributed by atoms with Gasteiger partial charge in [0.1, 0.15) is 18.1 Å². The van der Waals surface area contributed by atoms with Crippen LogP contribution in [0.25, 0.3) is 11.1 Å². The molecule has 0 radical (unpaired) electrons. The van der Waals surface area contributed by atoms with Crippen LogP contribution in [0.4, 0.5) is 0 Å². The van der Waals surface area contributed by atoms with Crippen molar-refractivity contribution in [3.63, 3.8) is 0 Å². The van der Waals surface area contributed by atoms with Gasteiger partial charge in [-0.3, -0.25) is 4.21 Å². The second-order valence-electron chi connectivity index (χ2n) is 5.49. The van der Waals surface area contributed by atoms with Crippen molar-refractivity contribution in [2.24, 2.45) is 0 Å². The second-order valence-corrected chi connectivity index (χ2v) is 6.87. The van der Waals surface area contributed by atoms with Crippen LogP contribution < -0.4 is 9.47 Å². The summed E-state index contributed by atoms with van der Waals surface area (Å²) in [4.78, 5) is 2.89. The molecular formula is C18H23NO3S. The summed E-state index contributed by atoms with van der Waals surface area (Å²) in [7, 11) is 4.70. The van der Waals surface area contributed by atoms with Crippen LogP contribution in [0.15, 0.2) is 47.4 Å². The van der Waals surface area contributed by atoms with E-state index < -0.39 is 10.8 Å². The first-order valence-corrected chi connectivity index (χ1v) is 8.96. The maximum atomic E-state index is 11.5. The smallest absolute Gasteiger partial charge is 0.127 e. The SMILES string of the molecule is COc1ccc(OCCN(C)C)c(-c2ccc(S(C)=O)cc2)c1. The predicted octanol–water partition coefficient (Wildman–Crippen LogP) is 3.04. The summed E-state index contributed by atoms with van der Waals surface area (Å²) in [6.07, 6.45) is 1.68. The van der Waals surface area contributed by atoms with Crippen molar-refractivity contribution in [3.05, 3.63) is 42.5 Å². The Balaban J connectivity index is 2.31. The zero-order valence-corrected chi connectivity index (χ0v) is 14.9. The van der Waals surface area contributed by atoms with Gasteiger partial charge in [-0.1, -0.05) is 12.1 Å². The lowest BCUT2D eigenvalue weighted by Gasteiger charge is -2.15. The molecule has 0 fully saturated rings. The quantitative estimate of drug-likeness (QED) is 0.781. The molecule has 0 saturated carbocycles. The highest BCUT2D eigenvalue weighted by Gasteiger charge is 2.09. The summed E-state index contributed by atoms with van der Waals surface area (Å²) in [6, 6.07) is 13.5. The van der Waals surface area contributed by atoms with Gasteiger partial charge in [0.25, 0.3) is 0 Å². The first-order chi connectivity index (χ1) is 11.0. The van der Waals surface area contributed by atoms with Crippen molar-refractivity contribution in [3.8, 4) is 22.6 Å². The average Bonchev–Trinajstić information content (AvgIpc) is 2.55. The van der Waals surface area contributed by atoms with Crippen molar-refractivity contribution in [1.82, 2.24) is 4.90 Å². The number of benzene rings is 2. The molecule has 0 saturated heterocycles. The molecule has 5 heteroatoms. The molecule has 2 rings (SSSR count). The largest absolute Gasteiger partial charge is 0.497 e. The third-order valence-corrected chi connectivity index (χ3v) is 4.42. The van der Waals surface area contributed by atoms with Gasteiger partial charge in [0.05, 0.1) is 7.11 Å². The lowest BCUT2D eigenvalue weighted by Crippen LogP contribution is -2.19. The van der Waals surface area contributed by atoms with E-state index in [1.54, 1.807) is 13.4 Å². The van der Waals surface area contributed by atoms with Crippen LogP contribution >= 0.6 is 0 Å². The number of rotatable bonds is 7. The Morgan fingerprint density at radius 1 is 1.09 bits per heavy atom. The molecule has 0 spiro atoms. The average molecular weight is 333 g/mol. The maximum absolute atomic E-state index is 11.5. The minimum absolute atomic E-state index is 0.614. The molecule has 0 aliphatic heterocycles. The first-order valence-electron chi connectivity index (χ1n) is 7.40. The highest BCUT2D eigenvalue weighted by Crippen LogP contribution is 2.34. The van der Waals surface area contributed by atoms with Crippen molar-refractivity contribution in [2.75, 3.05) is 40.6 Å². The summed E-state index contributed by atoms with van der Waals surface area (Å²) in [6.45, 7) is 1.46. The van der Waals surface area contributed by atoms with Crippen LogP contribution in [-0.2, 0) is 10.8 Å². The van der Waals surface area contributed by atoms with E-state index in [1.807, 2.05) is 56.6 Å². The van der Waals surface area contributed by atoms with E-state index >= 15 is 0 Å². The Kier molecular flexibility index (Phi) is 6.19. The Labute approximate surface area is 140 Å². The third-order valence-electron chi connectivity index (χ3n) is 3.48. The Morgan fingerprint density at radius 2 is 1.78 bits per heavy atom. The second kappa shape index (κ2) is 8.13. The Bertz CT molecular complexity index is 668. The number of nitrogens with zero attached hydrogens (tertiary/aromatic N) is 1. The van der Waals surface area contributed by atoms with Gasteiger partial charge >= 0.3 is 0 Å². The number of likely N-dealkylation sites (N-methyl/N-ethyl adjacent to an activating group) is 1. The number of ether oxygens (including phenoxy) is 2. The van der Waals surface area contributed by atoms with Crippen molar-refractivity contribution in [1.29, 1.82) is 0 Å². The maximum Gasteiger partial charge on any atom is 0.127 e. The van der Waals surface area contributed by atoms with Gasteiger partial charge in [-0.15, -0.1) is 0 Å². The normalized spacial score (nSPS) is 12.2. The molecule has 4 nitrogen and oxygen atoms in total. The molecule has 0 aliphatic carbocycles. The van der Waals surface area contributed by atoms with E-state index in [9.17, 15) is 4.21 Å². The molecule has 0 amide bonds. The molecule has 0 aromatic heterocycles. The van der Waals surface area contributed by atoms with E-state index in [0.29, 0.717) is 6.61 Å². The zero-order chi connectivity index (χ0) is 16.8. The number of hydrogen-bond acceptors (Lipinski definition) is 4. The van der Waals surface area contributed by atoms with Crippen molar-refractivity contribution >= 4 is 10.8 Å². The molecule has 1 unspecified atom stereocenters. The van der Waals surface area contributed by atoms with Crippen LogP contribution in [0.3, 0.4) is 0 Å². The number of hydrogen-bond donors (Lipinski definition) is 0. The monoisotopic (exact) mass is 333 g/mol. The molecular weight excluding hydrogens is 310 g/mol. The summed E-state index contributed by atoms with van der Waals surface area (Å²) in [5.41, 5.74) is 1.98. The topological polar surface area (TPSA) is 38.8 Å². The molecule has 0 N–H and O–H groups in total. The van der Waals surface area contributed by atoms with Gasteiger partial charge in [-0.05, 0) is 50.0 Å². The van der Waals surface area contributed by atoms with E-state index in [4.69, 9.17) is 9.47 Å². The van der Waals surface area contributed by atoms with Gasteiger partial charge < -0.3 is 14.4 Å². The molecule has 0 bridgehead atoms. The Morgan fingerprint density at radius 3 is 2.35 bits per heavy atom. The summed E-state index contributed by atoms with van der Waals surface area (Å²) in [5.74, 6) is 1.60. The Hall–Kier alpha value is -1.85. The molecule has 1 atom stereocenters. The highest BCUT2D eigenvalue weighted by molar-refractivity contribution is 7.84. The first kappa shape index (κ1) is 17.5. The lowest BCUT2D eigenvalue weighted by molar-refractivity contribution is 0.262. The summed E-state index contributed by atoms with van der Waals surface area (Å²) >= 11 is 0. The van der Waals surface area contributed by atoms with Crippen LogP contribution in [0, 0.1) is 0 Å². The van der Waals surface area contributed by atoms with Gasteiger partial charge in [0, 0.05) is 34.1 Å². The van der Waals surface area contributed by atoms with E-state index in [2.05, 4.69) is 4.90 Å². The lowest BCUT2D eigenvalue weighted by atomic mass is 10.0. The minimum atomic E-state index is -0.977. The van der Waals surface area contributed by atoms with Gasteiger partial charge in [0.15, 0.2) is 0 Å². The van der Waals surface area contributed by atoms with Crippen LogP contribution in [-0.4, -0.2) is 49.7 Å². The fraction of sp³-hybridized carbons (Fsp3) is 0.333. The fourth-order valence-electron chi connectivity index (χ4n) is 2.15. The van der Waals surface area contributed by atoms with Crippen LogP contribution in [0.1, 0.15) is 0 Å². The molecule has 23 heavy (non-hydrogen) atoms. The predicted molar refractivity (Wildman–Crippen MR) is 94.8 cm³/mol.